The van der Waals surface area contributed by atoms with E-state index in [9.17, 15) is 9.59 Å². The van der Waals surface area contributed by atoms with Gasteiger partial charge in [0.2, 0.25) is 5.91 Å². The number of nitrogens with zero attached hydrogens (tertiary/aromatic N) is 1. The number of hydrogen-bond acceptors (Lipinski definition) is 4. The summed E-state index contributed by atoms with van der Waals surface area (Å²) >= 11 is 1.38. The van der Waals surface area contributed by atoms with Crippen molar-refractivity contribution in [2.75, 3.05) is 32.1 Å². The summed E-state index contributed by atoms with van der Waals surface area (Å²) in [5, 5.41) is 8.29. The van der Waals surface area contributed by atoms with Gasteiger partial charge in [-0.1, -0.05) is 0 Å². The molecule has 0 aliphatic carbocycles. The van der Waals surface area contributed by atoms with Crippen LogP contribution in [0.1, 0.15) is 19.8 Å². The van der Waals surface area contributed by atoms with E-state index < -0.39 is 11.2 Å². The molecule has 0 aromatic heterocycles. The first-order chi connectivity index (χ1) is 8.11. The van der Waals surface area contributed by atoms with E-state index in [2.05, 4.69) is 0 Å². The lowest BCUT2D eigenvalue weighted by molar-refractivity contribution is -0.136. The van der Waals surface area contributed by atoms with E-state index in [4.69, 9.17) is 9.84 Å². The van der Waals surface area contributed by atoms with Gasteiger partial charge in [0.05, 0.1) is 18.5 Å². The fourth-order valence-electron chi connectivity index (χ4n) is 1.53. The monoisotopic (exact) mass is 261 g/mol. The second-order valence-electron chi connectivity index (χ2n) is 3.95. The highest BCUT2D eigenvalue weighted by molar-refractivity contribution is 8.00. The van der Waals surface area contributed by atoms with Crippen molar-refractivity contribution in [3.63, 3.8) is 0 Å². The first-order valence-electron chi connectivity index (χ1n) is 5.81. The van der Waals surface area contributed by atoms with Gasteiger partial charge < -0.3 is 14.7 Å². The van der Waals surface area contributed by atoms with Crippen molar-refractivity contribution < 1.29 is 19.4 Å². The van der Waals surface area contributed by atoms with Gasteiger partial charge in [0.1, 0.15) is 0 Å². The van der Waals surface area contributed by atoms with Gasteiger partial charge in [0.15, 0.2) is 0 Å². The minimum Gasteiger partial charge on any atom is -0.480 e. The molecule has 1 rings (SSSR count). The van der Waals surface area contributed by atoms with Crippen LogP contribution in [0.25, 0.3) is 0 Å². The van der Waals surface area contributed by atoms with E-state index in [1.54, 1.807) is 6.92 Å². The Hall–Kier alpha value is -0.750. The molecule has 1 aliphatic rings. The number of aliphatic carboxylic acids is 1. The van der Waals surface area contributed by atoms with E-state index in [-0.39, 0.29) is 5.91 Å². The second kappa shape index (κ2) is 7.55. The van der Waals surface area contributed by atoms with E-state index in [1.165, 1.54) is 11.8 Å². The molecule has 0 spiro atoms. The van der Waals surface area contributed by atoms with Gasteiger partial charge in [-0.2, -0.15) is 0 Å². The Labute approximate surface area is 105 Å². The molecule has 0 aromatic rings. The molecule has 0 radical (unpaired) electrons. The molecule has 98 valence electrons. The zero-order valence-electron chi connectivity index (χ0n) is 10.1. The summed E-state index contributed by atoms with van der Waals surface area (Å²) in [6.45, 7) is 4.26. The van der Waals surface area contributed by atoms with Crippen LogP contribution < -0.4 is 0 Å². The third-order valence-electron chi connectivity index (χ3n) is 2.61. The maximum Gasteiger partial charge on any atom is 0.316 e. The quantitative estimate of drug-likeness (QED) is 0.717. The van der Waals surface area contributed by atoms with Gasteiger partial charge in [-0.15, -0.1) is 11.8 Å². The lowest BCUT2D eigenvalue weighted by Crippen LogP contribution is -2.40. The molecule has 1 aliphatic heterocycles. The van der Waals surface area contributed by atoms with Crippen molar-refractivity contribution in [2.45, 2.75) is 25.0 Å². The van der Waals surface area contributed by atoms with Gasteiger partial charge in [0.25, 0.3) is 0 Å². The van der Waals surface area contributed by atoms with E-state index >= 15 is 0 Å². The molecular formula is C11H19NO4S. The van der Waals surface area contributed by atoms with Crippen LogP contribution >= 0.6 is 11.8 Å². The number of hydrogen-bond donors (Lipinski definition) is 1. The Morgan fingerprint density at radius 3 is 2.65 bits per heavy atom. The van der Waals surface area contributed by atoms with Crippen molar-refractivity contribution in [3.8, 4) is 0 Å². The molecule has 0 saturated carbocycles. The Bertz CT molecular complexity index is 266. The largest absolute Gasteiger partial charge is 0.480 e. The Kier molecular flexibility index (Phi) is 6.36. The molecule has 1 fully saturated rings. The molecule has 1 unspecified atom stereocenters. The highest BCUT2D eigenvalue weighted by Crippen LogP contribution is 2.13. The zero-order valence-corrected chi connectivity index (χ0v) is 10.9. The van der Waals surface area contributed by atoms with Gasteiger partial charge in [-0.25, -0.2) is 0 Å². The Morgan fingerprint density at radius 2 is 2.06 bits per heavy atom. The Balaban J connectivity index is 2.09. The van der Waals surface area contributed by atoms with Crippen molar-refractivity contribution in [2.24, 2.45) is 0 Å². The van der Waals surface area contributed by atoms with Crippen molar-refractivity contribution >= 4 is 23.6 Å². The molecule has 17 heavy (non-hydrogen) atoms. The average molecular weight is 261 g/mol. The number of rotatable bonds is 6. The molecule has 1 saturated heterocycles. The number of carbonyl (C=O) groups excluding carboxylic acids is 1. The molecule has 1 heterocycles. The predicted octanol–water partition coefficient (Wildman–Crippen LogP) is 0.832. The summed E-state index contributed by atoms with van der Waals surface area (Å²) in [5.41, 5.74) is 0. The minimum atomic E-state index is -0.797. The van der Waals surface area contributed by atoms with Crippen LogP contribution in [0.15, 0.2) is 0 Å². The summed E-state index contributed by atoms with van der Waals surface area (Å²) in [7, 11) is 0. The molecule has 0 aromatic carbocycles. The highest BCUT2D eigenvalue weighted by Gasteiger charge is 2.16. The second-order valence-corrected chi connectivity index (χ2v) is 5.40. The molecule has 1 atom stereocenters. The van der Waals surface area contributed by atoms with E-state index in [0.717, 1.165) is 6.42 Å². The topological polar surface area (TPSA) is 66.8 Å². The number of amides is 1. The van der Waals surface area contributed by atoms with Crippen LogP contribution in [0.4, 0.5) is 0 Å². The molecule has 5 nitrogen and oxygen atoms in total. The van der Waals surface area contributed by atoms with Crippen molar-refractivity contribution in [1.29, 1.82) is 0 Å². The predicted molar refractivity (Wildman–Crippen MR) is 66.2 cm³/mol. The van der Waals surface area contributed by atoms with Crippen molar-refractivity contribution in [1.82, 2.24) is 4.90 Å². The first-order valence-corrected chi connectivity index (χ1v) is 6.86. The molecule has 1 N–H and O–H groups in total. The van der Waals surface area contributed by atoms with Gasteiger partial charge in [-0.3, -0.25) is 9.59 Å². The first kappa shape index (κ1) is 14.3. The SMILES string of the molecule is CC(SCCCC(=O)N1CCOCC1)C(=O)O. The van der Waals surface area contributed by atoms with Crippen LogP contribution in [0, 0.1) is 0 Å². The highest BCUT2D eigenvalue weighted by atomic mass is 32.2. The third-order valence-corrected chi connectivity index (χ3v) is 3.84. The third kappa shape index (κ3) is 5.41. The lowest BCUT2D eigenvalue weighted by Gasteiger charge is -2.26. The summed E-state index contributed by atoms with van der Waals surface area (Å²) in [6, 6.07) is 0. The number of carbonyl (C=O) groups is 2. The van der Waals surface area contributed by atoms with Crippen LogP contribution in [-0.4, -0.2) is 59.2 Å². The smallest absolute Gasteiger partial charge is 0.316 e. The average Bonchev–Trinajstić information content (AvgIpc) is 2.35. The maximum absolute atomic E-state index is 11.7. The number of carboxylic acids is 1. The summed E-state index contributed by atoms with van der Waals surface area (Å²) in [5.74, 6) is 0.0650. The number of carboxylic acid groups (broad SMARTS) is 1. The normalized spacial score (nSPS) is 17.8. The minimum absolute atomic E-state index is 0.150. The van der Waals surface area contributed by atoms with E-state index in [0.29, 0.717) is 38.5 Å². The van der Waals surface area contributed by atoms with Crippen LogP contribution in [-0.2, 0) is 14.3 Å². The molecule has 0 bridgehead atoms. The molecule has 6 heteroatoms. The van der Waals surface area contributed by atoms with Crippen LogP contribution in [0.2, 0.25) is 0 Å². The van der Waals surface area contributed by atoms with Crippen LogP contribution in [0.3, 0.4) is 0 Å². The van der Waals surface area contributed by atoms with Gasteiger partial charge in [-0.05, 0) is 19.1 Å². The summed E-state index contributed by atoms with van der Waals surface area (Å²) in [6.07, 6.45) is 1.23. The summed E-state index contributed by atoms with van der Waals surface area (Å²) < 4.78 is 5.17. The molecule has 1 amide bonds. The standard InChI is InChI=1S/C11H19NO4S/c1-9(11(14)15)17-8-2-3-10(13)12-4-6-16-7-5-12/h9H,2-8H2,1H3,(H,14,15). The Morgan fingerprint density at radius 1 is 1.41 bits per heavy atom. The fourth-order valence-corrected chi connectivity index (χ4v) is 2.33. The van der Waals surface area contributed by atoms with Gasteiger partial charge in [0, 0.05) is 19.5 Å². The number of thioether (sulfide) groups is 1. The van der Waals surface area contributed by atoms with Crippen LogP contribution in [0.5, 0.6) is 0 Å². The fraction of sp³-hybridized carbons (Fsp3) is 0.818. The van der Waals surface area contributed by atoms with E-state index in [1.807, 2.05) is 4.90 Å². The zero-order chi connectivity index (χ0) is 12.7. The maximum atomic E-state index is 11.7. The number of ether oxygens (including phenoxy) is 1. The lowest BCUT2D eigenvalue weighted by atomic mass is 10.3. The van der Waals surface area contributed by atoms with Crippen molar-refractivity contribution in [3.05, 3.63) is 0 Å². The summed E-state index contributed by atoms with van der Waals surface area (Å²) in [4.78, 5) is 24.1. The van der Waals surface area contributed by atoms with Gasteiger partial charge >= 0.3 is 5.97 Å². The number of morpholine rings is 1. The molecular weight excluding hydrogens is 242 g/mol.